The van der Waals surface area contributed by atoms with E-state index in [9.17, 15) is 9.18 Å². The zero-order valence-electron chi connectivity index (χ0n) is 12.9. The van der Waals surface area contributed by atoms with Crippen LogP contribution in [0.4, 0.5) is 10.1 Å². The first-order valence-corrected chi connectivity index (χ1v) is 8.80. The van der Waals surface area contributed by atoms with E-state index in [4.69, 9.17) is 17.0 Å². The number of hydrogen-bond donors (Lipinski definition) is 0. The van der Waals surface area contributed by atoms with Crippen molar-refractivity contribution in [2.24, 2.45) is 0 Å². The molecule has 1 saturated heterocycles. The predicted molar refractivity (Wildman–Crippen MR) is 102 cm³/mol. The van der Waals surface area contributed by atoms with Crippen LogP contribution in [0.5, 0.6) is 5.75 Å². The normalized spacial score (nSPS) is 18.2. The van der Waals surface area contributed by atoms with Gasteiger partial charge in [0.15, 0.2) is 4.32 Å². The summed E-state index contributed by atoms with van der Waals surface area (Å²) in [5, 5.41) is 0. The highest BCUT2D eigenvalue weighted by atomic mass is 32.2. The molecular weight excluding hydrogens is 357 g/mol. The van der Waals surface area contributed by atoms with Crippen LogP contribution in [0.25, 0.3) is 6.08 Å². The third-order valence-corrected chi connectivity index (χ3v) is 5.13. The van der Waals surface area contributed by atoms with Crippen LogP contribution in [-0.2, 0) is 4.79 Å². The molecule has 2 aromatic rings. The SMILES string of the molecule is O=C1/C(=C/C2=Cc3ccccc3OC2)SC(=S)N1c1cccc(F)c1. The van der Waals surface area contributed by atoms with E-state index in [-0.39, 0.29) is 5.91 Å². The van der Waals surface area contributed by atoms with Crippen molar-refractivity contribution in [3.05, 3.63) is 76.5 Å². The topological polar surface area (TPSA) is 29.5 Å². The van der Waals surface area contributed by atoms with Crippen molar-refractivity contribution in [3.63, 3.8) is 0 Å². The Morgan fingerprint density at radius 1 is 1.20 bits per heavy atom. The number of thioether (sulfide) groups is 1. The van der Waals surface area contributed by atoms with Crippen molar-refractivity contribution < 1.29 is 13.9 Å². The Bertz CT molecular complexity index is 952. The van der Waals surface area contributed by atoms with E-state index in [1.165, 1.54) is 28.8 Å². The van der Waals surface area contributed by atoms with Gasteiger partial charge in [0.05, 0.1) is 10.6 Å². The number of carbonyl (C=O) groups excluding carboxylic acids is 1. The summed E-state index contributed by atoms with van der Waals surface area (Å²) in [6.07, 6.45) is 3.78. The number of nitrogens with zero attached hydrogens (tertiary/aromatic N) is 1. The van der Waals surface area contributed by atoms with Gasteiger partial charge in [0, 0.05) is 5.56 Å². The van der Waals surface area contributed by atoms with Gasteiger partial charge in [-0.05, 0) is 42.0 Å². The van der Waals surface area contributed by atoms with E-state index < -0.39 is 5.82 Å². The average Bonchev–Trinajstić information content (AvgIpc) is 2.88. The first-order valence-electron chi connectivity index (χ1n) is 7.58. The molecule has 0 unspecified atom stereocenters. The van der Waals surface area contributed by atoms with Crippen molar-refractivity contribution in [3.8, 4) is 5.75 Å². The largest absolute Gasteiger partial charge is 0.488 e. The Balaban J connectivity index is 1.64. The maximum Gasteiger partial charge on any atom is 0.270 e. The number of anilines is 1. The number of ether oxygens (including phenoxy) is 1. The number of amides is 1. The zero-order chi connectivity index (χ0) is 17.4. The number of carbonyl (C=O) groups is 1. The van der Waals surface area contributed by atoms with Gasteiger partial charge in [0.1, 0.15) is 18.2 Å². The van der Waals surface area contributed by atoms with Gasteiger partial charge in [-0.25, -0.2) is 4.39 Å². The fraction of sp³-hybridized carbons (Fsp3) is 0.0526. The molecule has 2 aliphatic heterocycles. The molecule has 6 heteroatoms. The Morgan fingerprint density at radius 3 is 2.88 bits per heavy atom. The molecular formula is C19H12FNO2S2. The molecule has 0 atom stereocenters. The fourth-order valence-corrected chi connectivity index (χ4v) is 4.01. The number of halogens is 1. The third kappa shape index (κ3) is 3.10. The van der Waals surface area contributed by atoms with Gasteiger partial charge < -0.3 is 4.74 Å². The summed E-state index contributed by atoms with van der Waals surface area (Å²) < 4.78 is 19.6. The Labute approximate surface area is 153 Å². The number of hydrogen-bond acceptors (Lipinski definition) is 4. The minimum Gasteiger partial charge on any atom is -0.488 e. The van der Waals surface area contributed by atoms with E-state index in [1.54, 1.807) is 18.2 Å². The molecule has 0 radical (unpaired) electrons. The maximum atomic E-state index is 13.5. The van der Waals surface area contributed by atoms with E-state index in [2.05, 4.69) is 0 Å². The van der Waals surface area contributed by atoms with Crippen LogP contribution in [0.3, 0.4) is 0 Å². The second-order valence-electron chi connectivity index (χ2n) is 5.54. The summed E-state index contributed by atoms with van der Waals surface area (Å²) in [6, 6.07) is 13.6. The molecule has 0 aliphatic carbocycles. The molecule has 1 amide bonds. The van der Waals surface area contributed by atoms with Gasteiger partial charge in [-0.15, -0.1) is 0 Å². The fourth-order valence-electron chi connectivity index (χ4n) is 2.69. The number of para-hydroxylation sites is 1. The van der Waals surface area contributed by atoms with Crippen LogP contribution < -0.4 is 9.64 Å². The molecule has 4 rings (SSSR count). The van der Waals surface area contributed by atoms with E-state index in [1.807, 2.05) is 30.3 Å². The van der Waals surface area contributed by atoms with E-state index in [0.717, 1.165) is 16.9 Å². The van der Waals surface area contributed by atoms with E-state index >= 15 is 0 Å². The van der Waals surface area contributed by atoms with Gasteiger partial charge in [-0.1, -0.05) is 48.2 Å². The summed E-state index contributed by atoms with van der Waals surface area (Å²) in [7, 11) is 0. The summed E-state index contributed by atoms with van der Waals surface area (Å²) in [5.74, 6) is 0.169. The summed E-state index contributed by atoms with van der Waals surface area (Å²) in [6.45, 7) is 0.390. The van der Waals surface area contributed by atoms with Gasteiger partial charge >= 0.3 is 0 Å². The summed E-state index contributed by atoms with van der Waals surface area (Å²) in [5.41, 5.74) is 2.30. The second-order valence-corrected chi connectivity index (χ2v) is 7.22. The zero-order valence-corrected chi connectivity index (χ0v) is 14.6. The number of fused-ring (bicyclic) bond motifs is 1. The van der Waals surface area contributed by atoms with Crippen molar-refractivity contribution in [2.45, 2.75) is 0 Å². The van der Waals surface area contributed by atoms with E-state index in [0.29, 0.717) is 21.5 Å². The highest BCUT2D eigenvalue weighted by Crippen LogP contribution is 2.36. The molecule has 0 aromatic heterocycles. The van der Waals surface area contributed by atoms with Crippen molar-refractivity contribution in [2.75, 3.05) is 11.5 Å². The molecule has 0 saturated carbocycles. The van der Waals surface area contributed by atoms with Gasteiger partial charge in [0.2, 0.25) is 0 Å². The highest BCUT2D eigenvalue weighted by Gasteiger charge is 2.33. The molecule has 2 aliphatic rings. The number of rotatable bonds is 2. The first-order chi connectivity index (χ1) is 12.1. The molecule has 3 nitrogen and oxygen atoms in total. The van der Waals surface area contributed by atoms with Gasteiger partial charge in [-0.3, -0.25) is 9.69 Å². The molecule has 2 aromatic carbocycles. The molecule has 25 heavy (non-hydrogen) atoms. The molecule has 2 heterocycles. The maximum absolute atomic E-state index is 13.5. The average molecular weight is 369 g/mol. The number of benzene rings is 2. The lowest BCUT2D eigenvalue weighted by atomic mass is 10.1. The summed E-state index contributed by atoms with van der Waals surface area (Å²) >= 11 is 6.51. The predicted octanol–water partition coefficient (Wildman–Crippen LogP) is 4.55. The monoisotopic (exact) mass is 369 g/mol. The highest BCUT2D eigenvalue weighted by molar-refractivity contribution is 8.27. The Morgan fingerprint density at radius 2 is 2.04 bits per heavy atom. The Hall–Kier alpha value is -2.44. The third-order valence-electron chi connectivity index (χ3n) is 3.83. The van der Waals surface area contributed by atoms with Gasteiger partial charge in [0.25, 0.3) is 5.91 Å². The molecule has 0 spiro atoms. The smallest absolute Gasteiger partial charge is 0.270 e. The van der Waals surface area contributed by atoms with Gasteiger partial charge in [-0.2, -0.15) is 0 Å². The van der Waals surface area contributed by atoms with Crippen LogP contribution in [0.15, 0.2) is 65.1 Å². The van der Waals surface area contributed by atoms with Crippen LogP contribution in [-0.4, -0.2) is 16.8 Å². The minimum atomic E-state index is -0.407. The molecule has 1 fully saturated rings. The molecule has 0 bridgehead atoms. The van der Waals surface area contributed by atoms with Crippen molar-refractivity contribution in [1.29, 1.82) is 0 Å². The lowest BCUT2D eigenvalue weighted by molar-refractivity contribution is -0.113. The number of thiocarbonyl (C=S) groups is 1. The van der Waals surface area contributed by atoms with Crippen LogP contribution in [0, 0.1) is 5.82 Å². The molecule has 0 N–H and O–H groups in total. The quantitative estimate of drug-likeness (QED) is 0.574. The standard InChI is InChI=1S/C19H12FNO2S2/c20-14-5-3-6-15(10-14)21-18(22)17(25-19(21)24)9-12-8-13-4-1-2-7-16(13)23-11-12/h1-10H,11H2/b17-9-. The van der Waals surface area contributed by atoms with Crippen molar-refractivity contribution >= 4 is 46.0 Å². The van der Waals surface area contributed by atoms with Crippen LogP contribution in [0.1, 0.15) is 5.56 Å². The van der Waals surface area contributed by atoms with Crippen molar-refractivity contribution in [1.82, 2.24) is 0 Å². The minimum absolute atomic E-state index is 0.250. The lowest BCUT2D eigenvalue weighted by Gasteiger charge is -2.16. The second kappa shape index (κ2) is 6.46. The Kier molecular flexibility index (Phi) is 4.15. The van der Waals surface area contributed by atoms with Crippen LogP contribution >= 0.6 is 24.0 Å². The first kappa shape index (κ1) is 16.1. The molecule has 124 valence electrons. The lowest BCUT2D eigenvalue weighted by Crippen LogP contribution is -2.27. The summed E-state index contributed by atoms with van der Waals surface area (Å²) in [4.78, 5) is 14.6. The van der Waals surface area contributed by atoms with Crippen LogP contribution in [0.2, 0.25) is 0 Å².